The summed E-state index contributed by atoms with van der Waals surface area (Å²) in [6.45, 7) is 12.4. The molecule has 0 aromatic carbocycles. The van der Waals surface area contributed by atoms with Gasteiger partial charge in [-0.05, 0) is 28.5 Å². The molecule has 3 nitrogen and oxygen atoms in total. The third kappa shape index (κ3) is 3.23. The second-order valence-electron chi connectivity index (χ2n) is 6.07. The fraction of sp³-hybridized carbons (Fsp3) is 0.667. The molecule has 1 heterocycles. The standard InChI is InChI=1S/C12H23NO2S2Si/c1-7-10-8-9-16-11(10)17(14,15)13-18(5,6)12(2,3)4/h8-9,13H,7H2,1-6H3. The number of nitrogens with one attached hydrogen (secondary N) is 1. The molecule has 1 N–H and O–H groups in total. The van der Waals surface area contributed by atoms with Gasteiger partial charge in [0.2, 0.25) is 10.0 Å². The van der Waals surface area contributed by atoms with Crippen LogP contribution in [0.1, 0.15) is 33.3 Å². The summed E-state index contributed by atoms with van der Waals surface area (Å²) in [7, 11) is -5.43. The van der Waals surface area contributed by atoms with Gasteiger partial charge in [0.05, 0.1) is 0 Å². The summed E-state index contributed by atoms with van der Waals surface area (Å²) in [5.74, 6) is 0. The predicted octanol–water partition coefficient (Wildman–Crippen LogP) is 3.59. The number of rotatable bonds is 4. The zero-order valence-corrected chi connectivity index (χ0v) is 14.6. The van der Waals surface area contributed by atoms with Gasteiger partial charge in [0.1, 0.15) is 12.4 Å². The second kappa shape index (κ2) is 5.07. The molecular weight excluding hydrogens is 282 g/mol. The molecule has 0 spiro atoms. The van der Waals surface area contributed by atoms with Gasteiger partial charge < -0.3 is 0 Å². The Hall–Kier alpha value is -0.173. The van der Waals surface area contributed by atoms with Crippen molar-refractivity contribution in [1.82, 2.24) is 4.39 Å². The van der Waals surface area contributed by atoms with Crippen molar-refractivity contribution in [2.45, 2.75) is 56.5 Å². The first-order valence-corrected chi connectivity index (χ1v) is 11.5. The van der Waals surface area contributed by atoms with E-state index in [1.807, 2.05) is 18.4 Å². The van der Waals surface area contributed by atoms with Crippen molar-refractivity contribution in [2.24, 2.45) is 0 Å². The second-order valence-corrected chi connectivity index (χ2v) is 14.2. The zero-order chi connectivity index (χ0) is 14.2. The summed E-state index contributed by atoms with van der Waals surface area (Å²) in [6.07, 6.45) is 0.747. The van der Waals surface area contributed by atoms with Gasteiger partial charge in [0, 0.05) is 0 Å². The normalized spacial score (nSPS) is 13.9. The minimum absolute atomic E-state index is 0.0102. The Kier molecular flexibility index (Phi) is 4.48. The van der Waals surface area contributed by atoms with E-state index >= 15 is 0 Å². The van der Waals surface area contributed by atoms with Crippen molar-refractivity contribution in [1.29, 1.82) is 0 Å². The quantitative estimate of drug-likeness (QED) is 0.864. The van der Waals surface area contributed by atoms with Crippen molar-refractivity contribution >= 4 is 29.6 Å². The maximum atomic E-state index is 12.5. The van der Waals surface area contributed by atoms with E-state index < -0.39 is 18.3 Å². The SMILES string of the molecule is CCc1ccsc1S(=O)(=O)N[Si](C)(C)C(C)(C)C. The average Bonchev–Trinajstić information content (AvgIpc) is 2.62. The number of hydrogen-bond acceptors (Lipinski definition) is 3. The molecule has 0 radical (unpaired) electrons. The molecule has 0 bridgehead atoms. The van der Waals surface area contributed by atoms with Crippen LogP contribution >= 0.6 is 11.3 Å². The lowest BCUT2D eigenvalue weighted by molar-refractivity contribution is 0.590. The highest BCUT2D eigenvalue weighted by Gasteiger charge is 2.40. The number of hydrogen-bond donors (Lipinski definition) is 1. The Balaban J connectivity index is 3.11. The average molecular weight is 306 g/mol. The van der Waals surface area contributed by atoms with Gasteiger partial charge in [-0.3, -0.25) is 0 Å². The fourth-order valence-electron chi connectivity index (χ4n) is 1.36. The molecule has 1 aromatic rings. The lowest BCUT2D eigenvalue weighted by Gasteiger charge is -2.36. The summed E-state index contributed by atoms with van der Waals surface area (Å²) in [5, 5.41) is 1.84. The minimum atomic E-state index is -3.37. The summed E-state index contributed by atoms with van der Waals surface area (Å²) < 4.78 is 28.4. The minimum Gasteiger partial charge on any atom is -0.232 e. The van der Waals surface area contributed by atoms with Gasteiger partial charge in [-0.2, -0.15) is 0 Å². The molecular formula is C12H23NO2S2Si. The van der Waals surface area contributed by atoms with Gasteiger partial charge in [-0.15, -0.1) is 11.3 Å². The van der Waals surface area contributed by atoms with Crippen LogP contribution in [0.25, 0.3) is 0 Å². The van der Waals surface area contributed by atoms with E-state index in [4.69, 9.17) is 0 Å². The summed E-state index contributed by atoms with van der Waals surface area (Å²) in [5.41, 5.74) is 0.909. The first-order valence-electron chi connectivity index (χ1n) is 6.11. The first-order chi connectivity index (χ1) is 8.01. The highest BCUT2D eigenvalue weighted by molar-refractivity contribution is 7.93. The van der Waals surface area contributed by atoms with Crippen LogP contribution in [0.3, 0.4) is 0 Å². The van der Waals surface area contributed by atoms with Crippen LogP contribution in [0.4, 0.5) is 0 Å². The predicted molar refractivity (Wildman–Crippen MR) is 81.2 cm³/mol. The summed E-state index contributed by atoms with van der Waals surface area (Å²) >= 11 is 1.30. The van der Waals surface area contributed by atoms with E-state index in [1.54, 1.807) is 0 Å². The monoisotopic (exact) mass is 305 g/mol. The van der Waals surface area contributed by atoms with Crippen molar-refractivity contribution in [3.8, 4) is 0 Å². The molecule has 0 atom stereocenters. The van der Waals surface area contributed by atoms with Crippen molar-refractivity contribution in [2.75, 3.05) is 0 Å². The molecule has 0 aliphatic heterocycles. The zero-order valence-electron chi connectivity index (χ0n) is 12.0. The van der Waals surface area contributed by atoms with Gasteiger partial charge in [-0.25, -0.2) is 12.8 Å². The highest BCUT2D eigenvalue weighted by Crippen LogP contribution is 2.35. The van der Waals surface area contributed by atoms with Crippen LogP contribution < -0.4 is 4.39 Å². The van der Waals surface area contributed by atoms with E-state index in [-0.39, 0.29) is 5.04 Å². The highest BCUT2D eigenvalue weighted by atomic mass is 32.2. The number of aryl methyl sites for hydroxylation is 1. The van der Waals surface area contributed by atoms with Crippen LogP contribution in [0.2, 0.25) is 18.1 Å². The topological polar surface area (TPSA) is 46.2 Å². The lowest BCUT2D eigenvalue weighted by Crippen LogP contribution is -2.54. The molecule has 0 aliphatic rings. The number of thiophene rings is 1. The Morgan fingerprint density at radius 1 is 1.33 bits per heavy atom. The van der Waals surface area contributed by atoms with Gasteiger partial charge in [0.25, 0.3) is 0 Å². The van der Waals surface area contributed by atoms with Crippen LogP contribution in [0.5, 0.6) is 0 Å². The molecule has 1 rings (SSSR count). The Morgan fingerprint density at radius 2 is 1.89 bits per heavy atom. The summed E-state index contributed by atoms with van der Waals surface area (Å²) in [6, 6.07) is 1.89. The molecule has 0 fully saturated rings. The molecule has 104 valence electrons. The Labute approximate surface area is 116 Å². The third-order valence-corrected chi connectivity index (χ3v) is 12.9. The largest absolute Gasteiger partial charge is 0.244 e. The number of sulfonamides is 1. The van der Waals surface area contributed by atoms with E-state index in [9.17, 15) is 8.42 Å². The van der Waals surface area contributed by atoms with Crippen molar-refractivity contribution < 1.29 is 8.42 Å². The maximum Gasteiger partial charge on any atom is 0.244 e. The van der Waals surface area contributed by atoms with Crippen LogP contribution in [-0.4, -0.2) is 16.7 Å². The Morgan fingerprint density at radius 3 is 2.33 bits per heavy atom. The van der Waals surface area contributed by atoms with E-state index in [1.165, 1.54) is 11.3 Å². The lowest BCUT2D eigenvalue weighted by atomic mass is 10.2. The first kappa shape index (κ1) is 15.9. The summed E-state index contributed by atoms with van der Waals surface area (Å²) in [4.78, 5) is 0. The van der Waals surface area contributed by atoms with Gasteiger partial charge >= 0.3 is 0 Å². The van der Waals surface area contributed by atoms with E-state index in [2.05, 4.69) is 38.3 Å². The van der Waals surface area contributed by atoms with Crippen LogP contribution in [-0.2, 0) is 16.4 Å². The van der Waals surface area contributed by atoms with Crippen molar-refractivity contribution in [3.63, 3.8) is 0 Å². The smallest absolute Gasteiger partial charge is 0.232 e. The molecule has 0 amide bonds. The Bertz CT molecular complexity index is 512. The van der Waals surface area contributed by atoms with E-state index in [0.29, 0.717) is 4.21 Å². The van der Waals surface area contributed by atoms with Gasteiger partial charge in [0.15, 0.2) is 0 Å². The van der Waals surface area contributed by atoms with E-state index in [0.717, 1.165) is 12.0 Å². The third-order valence-electron chi connectivity index (χ3n) is 3.60. The molecule has 0 unspecified atom stereocenters. The molecule has 18 heavy (non-hydrogen) atoms. The molecule has 0 saturated carbocycles. The van der Waals surface area contributed by atoms with Crippen LogP contribution in [0, 0.1) is 0 Å². The molecule has 0 saturated heterocycles. The molecule has 1 aromatic heterocycles. The fourth-order valence-corrected chi connectivity index (χ4v) is 7.96. The molecule has 0 aliphatic carbocycles. The van der Waals surface area contributed by atoms with Gasteiger partial charge in [-0.1, -0.05) is 40.8 Å². The van der Waals surface area contributed by atoms with Crippen LogP contribution in [0.15, 0.2) is 15.7 Å². The van der Waals surface area contributed by atoms with Crippen molar-refractivity contribution in [3.05, 3.63) is 17.0 Å². The maximum absolute atomic E-state index is 12.5. The molecule has 6 heteroatoms.